The molecule has 5 nitrogen and oxygen atoms in total. The van der Waals surface area contributed by atoms with Gasteiger partial charge in [-0.05, 0) is 36.0 Å². The molecule has 24 heavy (non-hydrogen) atoms. The van der Waals surface area contributed by atoms with Crippen molar-refractivity contribution in [1.29, 1.82) is 0 Å². The molecule has 132 valence electrons. The van der Waals surface area contributed by atoms with E-state index in [1.807, 2.05) is 45.0 Å². The molecule has 0 spiro atoms. The summed E-state index contributed by atoms with van der Waals surface area (Å²) < 4.78 is 0. The van der Waals surface area contributed by atoms with E-state index in [1.54, 1.807) is 0 Å². The van der Waals surface area contributed by atoms with Crippen molar-refractivity contribution in [3.63, 3.8) is 0 Å². The van der Waals surface area contributed by atoms with Crippen LogP contribution >= 0.6 is 0 Å². The molecule has 0 bridgehead atoms. The summed E-state index contributed by atoms with van der Waals surface area (Å²) in [5, 5.41) is 5.85. The molecule has 0 heterocycles. The molecule has 1 fully saturated rings. The van der Waals surface area contributed by atoms with Gasteiger partial charge in [-0.3, -0.25) is 9.59 Å². The number of carbonyl (C=O) groups excluding carboxylic acids is 2. The van der Waals surface area contributed by atoms with E-state index in [0.717, 1.165) is 36.9 Å². The molecule has 1 aliphatic carbocycles. The molecule has 2 rings (SSSR count). The Morgan fingerprint density at radius 2 is 1.92 bits per heavy atom. The molecule has 1 aromatic rings. The van der Waals surface area contributed by atoms with Crippen LogP contribution in [0, 0.1) is 11.3 Å². The van der Waals surface area contributed by atoms with Gasteiger partial charge in [-0.1, -0.05) is 45.7 Å². The Hall–Kier alpha value is -1.88. The van der Waals surface area contributed by atoms with Gasteiger partial charge >= 0.3 is 0 Å². The van der Waals surface area contributed by atoms with Gasteiger partial charge in [-0.25, -0.2) is 0 Å². The minimum Gasteiger partial charge on any atom is -0.351 e. The van der Waals surface area contributed by atoms with Crippen molar-refractivity contribution in [3.8, 4) is 0 Å². The maximum absolute atomic E-state index is 12.2. The van der Waals surface area contributed by atoms with E-state index in [0.29, 0.717) is 6.54 Å². The van der Waals surface area contributed by atoms with Crippen LogP contribution in [-0.4, -0.2) is 17.9 Å². The highest BCUT2D eigenvalue weighted by Gasteiger charge is 2.27. The van der Waals surface area contributed by atoms with Crippen LogP contribution < -0.4 is 16.4 Å². The molecule has 1 aromatic carbocycles. The van der Waals surface area contributed by atoms with Gasteiger partial charge in [0.2, 0.25) is 11.8 Å². The van der Waals surface area contributed by atoms with E-state index >= 15 is 0 Å². The van der Waals surface area contributed by atoms with Gasteiger partial charge in [-0.15, -0.1) is 0 Å². The SMILES string of the molecule is CC(C)(C)[C@H](N)C(=O)NCc1cccc(NC(=O)C2CCCC2)c1. The van der Waals surface area contributed by atoms with Crippen LogP contribution in [0.1, 0.15) is 52.0 Å². The second-order valence-electron chi connectivity index (χ2n) is 7.73. The summed E-state index contributed by atoms with van der Waals surface area (Å²) in [7, 11) is 0. The fourth-order valence-electron chi connectivity index (χ4n) is 2.88. The summed E-state index contributed by atoms with van der Waals surface area (Å²) in [5.74, 6) is 0.0736. The topological polar surface area (TPSA) is 84.2 Å². The summed E-state index contributed by atoms with van der Waals surface area (Å²) in [4.78, 5) is 24.3. The first-order valence-electron chi connectivity index (χ1n) is 8.70. The van der Waals surface area contributed by atoms with Gasteiger partial charge in [0, 0.05) is 18.2 Å². The van der Waals surface area contributed by atoms with Gasteiger partial charge in [0.15, 0.2) is 0 Å². The molecular formula is C19H29N3O2. The van der Waals surface area contributed by atoms with Crippen LogP contribution in [-0.2, 0) is 16.1 Å². The molecule has 5 heteroatoms. The van der Waals surface area contributed by atoms with E-state index in [9.17, 15) is 9.59 Å². The van der Waals surface area contributed by atoms with Crippen molar-refractivity contribution in [2.75, 3.05) is 5.32 Å². The summed E-state index contributed by atoms with van der Waals surface area (Å²) in [6.45, 7) is 6.22. The van der Waals surface area contributed by atoms with E-state index < -0.39 is 6.04 Å². The van der Waals surface area contributed by atoms with Gasteiger partial charge in [0.25, 0.3) is 0 Å². The molecule has 4 N–H and O–H groups in total. The zero-order valence-corrected chi connectivity index (χ0v) is 14.9. The second kappa shape index (κ2) is 7.79. The molecule has 0 saturated heterocycles. The first kappa shape index (κ1) is 18.5. The van der Waals surface area contributed by atoms with Crippen molar-refractivity contribution < 1.29 is 9.59 Å². The Labute approximate surface area is 144 Å². The van der Waals surface area contributed by atoms with Gasteiger partial charge in [-0.2, -0.15) is 0 Å². The third-order valence-corrected chi connectivity index (χ3v) is 4.60. The molecule has 1 atom stereocenters. The van der Waals surface area contributed by atoms with E-state index in [-0.39, 0.29) is 23.1 Å². The average molecular weight is 331 g/mol. The average Bonchev–Trinajstić information content (AvgIpc) is 3.06. The zero-order chi connectivity index (χ0) is 17.7. The highest BCUT2D eigenvalue weighted by atomic mass is 16.2. The molecule has 1 saturated carbocycles. The second-order valence-corrected chi connectivity index (χ2v) is 7.73. The molecular weight excluding hydrogens is 302 g/mol. The fraction of sp³-hybridized carbons (Fsp3) is 0.579. The highest BCUT2D eigenvalue weighted by Crippen LogP contribution is 2.26. The Balaban J connectivity index is 1.90. The number of anilines is 1. The number of nitrogens with two attached hydrogens (primary N) is 1. The molecule has 1 aliphatic rings. The Bertz CT molecular complexity index is 587. The van der Waals surface area contributed by atoms with Crippen LogP contribution in [0.15, 0.2) is 24.3 Å². The monoisotopic (exact) mass is 331 g/mol. The van der Waals surface area contributed by atoms with Gasteiger partial charge in [0.05, 0.1) is 6.04 Å². The largest absolute Gasteiger partial charge is 0.351 e. The van der Waals surface area contributed by atoms with Crippen LogP contribution in [0.2, 0.25) is 0 Å². The summed E-state index contributed by atoms with van der Waals surface area (Å²) in [5.41, 5.74) is 7.39. The third-order valence-electron chi connectivity index (χ3n) is 4.60. The lowest BCUT2D eigenvalue weighted by Crippen LogP contribution is -2.48. The molecule has 0 aliphatic heterocycles. The van der Waals surface area contributed by atoms with Crippen molar-refractivity contribution in [2.45, 2.75) is 59.0 Å². The fourth-order valence-corrected chi connectivity index (χ4v) is 2.88. The smallest absolute Gasteiger partial charge is 0.237 e. The number of benzene rings is 1. The lowest BCUT2D eigenvalue weighted by atomic mass is 9.87. The van der Waals surface area contributed by atoms with E-state index in [4.69, 9.17) is 5.73 Å². The lowest BCUT2D eigenvalue weighted by molar-refractivity contribution is -0.124. The lowest BCUT2D eigenvalue weighted by Gasteiger charge is -2.25. The number of nitrogens with one attached hydrogen (secondary N) is 2. The summed E-state index contributed by atoms with van der Waals surface area (Å²) in [6, 6.07) is 7.03. The Kier molecular flexibility index (Phi) is 5.99. The van der Waals surface area contributed by atoms with Crippen LogP contribution in [0.3, 0.4) is 0 Å². The number of rotatable bonds is 5. The predicted molar refractivity (Wildman–Crippen MR) is 96.3 cm³/mol. The van der Waals surface area contributed by atoms with E-state index in [1.165, 1.54) is 0 Å². The van der Waals surface area contributed by atoms with E-state index in [2.05, 4.69) is 10.6 Å². The highest BCUT2D eigenvalue weighted by molar-refractivity contribution is 5.92. The molecule has 0 aromatic heterocycles. The summed E-state index contributed by atoms with van der Waals surface area (Å²) in [6.07, 6.45) is 4.23. The van der Waals surface area contributed by atoms with Gasteiger partial charge < -0.3 is 16.4 Å². The number of hydrogen-bond donors (Lipinski definition) is 3. The van der Waals surface area contributed by atoms with Crippen molar-refractivity contribution in [2.24, 2.45) is 17.1 Å². The maximum Gasteiger partial charge on any atom is 0.237 e. The molecule has 2 amide bonds. The maximum atomic E-state index is 12.2. The van der Waals surface area contributed by atoms with Gasteiger partial charge in [0.1, 0.15) is 0 Å². The zero-order valence-electron chi connectivity index (χ0n) is 14.9. The molecule has 0 radical (unpaired) electrons. The van der Waals surface area contributed by atoms with Crippen molar-refractivity contribution in [3.05, 3.63) is 29.8 Å². The normalized spacial score (nSPS) is 16.7. The van der Waals surface area contributed by atoms with Crippen molar-refractivity contribution in [1.82, 2.24) is 5.32 Å². The first-order valence-corrected chi connectivity index (χ1v) is 8.70. The summed E-state index contributed by atoms with van der Waals surface area (Å²) >= 11 is 0. The number of amides is 2. The first-order chi connectivity index (χ1) is 11.3. The minimum atomic E-state index is -0.553. The van der Waals surface area contributed by atoms with Crippen LogP contribution in [0.25, 0.3) is 0 Å². The van der Waals surface area contributed by atoms with Crippen molar-refractivity contribution >= 4 is 17.5 Å². The van der Waals surface area contributed by atoms with Crippen LogP contribution in [0.5, 0.6) is 0 Å². The Morgan fingerprint density at radius 3 is 2.54 bits per heavy atom. The Morgan fingerprint density at radius 1 is 1.25 bits per heavy atom. The third kappa shape index (κ3) is 5.06. The predicted octanol–water partition coefficient (Wildman–Crippen LogP) is 2.80. The molecule has 0 unspecified atom stereocenters. The van der Waals surface area contributed by atoms with Crippen LogP contribution in [0.4, 0.5) is 5.69 Å². The minimum absolute atomic E-state index is 0.100. The quantitative estimate of drug-likeness (QED) is 0.775. The number of carbonyl (C=O) groups is 2. The standard InChI is InChI=1S/C19H29N3O2/c1-19(2,3)16(20)18(24)21-12-13-7-6-10-15(11-13)22-17(23)14-8-4-5-9-14/h6-7,10-11,14,16H,4-5,8-9,12,20H2,1-3H3,(H,21,24)(H,22,23)/t16-/m1/s1. The number of hydrogen-bond acceptors (Lipinski definition) is 3.